The summed E-state index contributed by atoms with van der Waals surface area (Å²) < 4.78 is 6.54. The molecule has 1 N–H and O–H groups in total. The molecule has 0 unspecified atom stereocenters. The summed E-state index contributed by atoms with van der Waals surface area (Å²) in [6.07, 6.45) is 2.79. The Labute approximate surface area is 160 Å². The average Bonchev–Trinajstić information content (AvgIpc) is 3.03. The van der Waals surface area contributed by atoms with Gasteiger partial charge in [-0.1, -0.05) is 23.2 Å². The van der Waals surface area contributed by atoms with Gasteiger partial charge in [0.05, 0.1) is 11.6 Å². The van der Waals surface area contributed by atoms with Gasteiger partial charge in [0.15, 0.2) is 4.77 Å². The molecule has 0 saturated heterocycles. The van der Waals surface area contributed by atoms with E-state index in [0.29, 0.717) is 14.8 Å². The third-order valence-corrected chi connectivity index (χ3v) is 5.05. The van der Waals surface area contributed by atoms with E-state index in [2.05, 4.69) is 14.9 Å². The molecule has 128 valence electrons. The summed E-state index contributed by atoms with van der Waals surface area (Å²) in [4.78, 5) is 9.68. The van der Waals surface area contributed by atoms with Crippen molar-refractivity contribution in [2.75, 3.05) is 6.54 Å². The molecule has 0 atom stereocenters. The molecule has 1 aliphatic heterocycles. The summed E-state index contributed by atoms with van der Waals surface area (Å²) in [7, 11) is 0. The van der Waals surface area contributed by atoms with Gasteiger partial charge in [-0.3, -0.25) is 4.90 Å². The van der Waals surface area contributed by atoms with Crippen LogP contribution in [-0.4, -0.2) is 21.4 Å². The van der Waals surface area contributed by atoms with E-state index in [0.717, 1.165) is 43.1 Å². The molecule has 2 aromatic heterocycles. The van der Waals surface area contributed by atoms with Crippen molar-refractivity contribution in [2.24, 2.45) is 0 Å². The summed E-state index contributed by atoms with van der Waals surface area (Å²) >= 11 is 17.3. The zero-order valence-electron chi connectivity index (χ0n) is 13.3. The average molecular weight is 392 g/mol. The quantitative estimate of drug-likeness (QED) is 0.618. The Morgan fingerprint density at radius 2 is 2.12 bits per heavy atom. The fraction of sp³-hybridized carbons (Fsp3) is 0.222. The number of furan rings is 1. The molecule has 1 aromatic carbocycles. The van der Waals surface area contributed by atoms with Crippen LogP contribution in [0.1, 0.15) is 17.0 Å². The standard InChI is InChI=1S/C18H15Cl2N3OS/c19-12-1-3-14(15(20)7-12)17-4-2-13(24-17)10-23-6-5-16-11(9-23)8-21-18(25)22-16/h1-4,7-8H,5-6,9-10H2,(H,21,22,25). The number of aromatic nitrogens is 2. The van der Waals surface area contributed by atoms with E-state index in [1.54, 1.807) is 6.07 Å². The molecule has 3 heterocycles. The van der Waals surface area contributed by atoms with Gasteiger partial charge in [-0.2, -0.15) is 0 Å². The second-order valence-corrected chi connectivity index (χ2v) is 7.27. The first-order valence-corrected chi connectivity index (χ1v) is 9.08. The van der Waals surface area contributed by atoms with Crippen LogP contribution in [0.5, 0.6) is 0 Å². The normalized spacial score (nSPS) is 14.5. The van der Waals surface area contributed by atoms with Crippen LogP contribution >= 0.6 is 35.4 Å². The van der Waals surface area contributed by atoms with Gasteiger partial charge in [-0.15, -0.1) is 0 Å². The highest BCUT2D eigenvalue weighted by Gasteiger charge is 2.18. The maximum Gasteiger partial charge on any atom is 0.196 e. The van der Waals surface area contributed by atoms with E-state index >= 15 is 0 Å². The van der Waals surface area contributed by atoms with Crippen molar-refractivity contribution in [3.63, 3.8) is 0 Å². The molecule has 25 heavy (non-hydrogen) atoms. The summed E-state index contributed by atoms with van der Waals surface area (Å²) in [5.74, 6) is 1.65. The first-order chi connectivity index (χ1) is 12.1. The third kappa shape index (κ3) is 3.65. The van der Waals surface area contributed by atoms with E-state index < -0.39 is 0 Å². The van der Waals surface area contributed by atoms with Crippen LogP contribution in [0.15, 0.2) is 40.9 Å². The van der Waals surface area contributed by atoms with E-state index in [1.807, 2.05) is 30.5 Å². The molecule has 0 amide bonds. The number of nitrogens with one attached hydrogen (secondary N) is 1. The van der Waals surface area contributed by atoms with Crippen molar-refractivity contribution < 1.29 is 4.42 Å². The van der Waals surface area contributed by atoms with Gasteiger partial charge in [0.1, 0.15) is 11.5 Å². The van der Waals surface area contributed by atoms with Crippen LogP contribution in [0.4, 0.5) is 0 Å². The first-order valence-electron chi connectivity index (χ1n) is 7.92. The number of nitrogens with zero attached hydrogens (tertiary/aromatic N) is 2. The Morgan fingerprint density at radius 1 is 1.24 bits per heavy atom. The maximum absolute atomic E-state index is 6.26. The summed E-state index contributed by atoms with van der Waals surface area (Å²) in [6.45, 7) is 2.51. The Hall–Kier alpha value is -1.66. The Kier molecular flexibility index (Phi) is 4.65. The van der Waals surface area contributed by atoms with Crippen molar-refractivity contribution in [3.8, 4) is 11.3 Å². The second-order valence-electron chi connectivity index (χ2n) is 6.04. The van der Waals surface area contributed by atoms with Gasteiger partial charge < -0.3 is 9.40 Å². The van der Waals surface area contributed by atoms with Gasteiger partial charge in [0.2, 0.25) is 0 Å². The molecule has 1 aliphatic rings. The number of H-pyrrole nitrogens is 1. The van der Waals surface area contributed by atoms with Crippen molar-refractivity contribution in [1.29, 1.82) is 0 Å². The monoisotopic (exact) mass is 391 g/mol. The second kappa shape index (κ2) is 6.92. The van der Waals surface area contributed by atoms with Gasteiger partial charge in [-0.25, -0.2) is 4.98 Å². The van der Waals surface area contributed by atoms with E-state index in [4.69, 9.17) is 39.8 Å². The minimum absolute atomic E-state index is 0.544. The highest BCUT2D eigenvalue weighted by atomic mass is 35.5. The lowest BCUT2D eigenvalue weighted by molar-refractivity contribution is 0.224. The molecule has 4 nitrogen and oxygen atoms in total. The number of aromatic amines is 1. The highest BCUT2D eigenvalue weighted by Crippen LogP contribution is 2.32. The zero-order chi connectivity index (χ0) is 17.4. The van der Waals surface area contributed by atoms with Crippen molar-refractivity contribution in [3.05, 3.63) is 68.4 Å². The molecule has 0 radical (unpaired) electrons. The summed E-state index contributed by atoms with van der Waals surface area (Å²) in [5, 5.41) is 1.20. The van der Waals surface area contributed by atoms with Crippen molar-refractivity contribution in [2.45, 2.75) is 19.5 Å². The fourth-order valence-electron chi connectivity index (χ4n) is 3.06. The zero-order valence-corrected chi connectivity index (χ0v) is 15.6. The van der Waals surface area contributed by atoms with Gasteiger partial charge >= 0.3 is 0 Å². The topological polar surface area (TPSA) is 45.1 Å². The number of hydrogen-bond donors (Lipinski definition) is 1. The molecule has 7 heteroatoms. The SMILES string of the molecule is S=c1ncc2c([nH]1)CCN(Cc1ccc(-c3ccc(Cl)cc3Cl)o1)C2. The maximum atomic E-state index is 6.26. The molecule has 3 aromatic rings. The molecular formula is C18H15Cl2N3OS. The van der Waals surface area contributed by atoms with Crippen LogP contribution in [0.2, 0.25) is 10.0 Å². The third-order valence-electron chi connectivity index (χ3n) is 4.29. The number of fused-ring (bicyclic) bond motifs is 1. The van der Waals surface area contributed by atoms with Crippen LogP contribution in [0, 0.1) is 4.77 Å². The fourth-order valence-corrected chi connectivity index (χ4v) is 3.74. The summed E-state index contributed by atoms with van der Waals surface area (Å²) in [5.41, 5.74) is 3.22. The van der Waals surface area contributed by atoms with E-state index in [9.17, 15) is 0 Å². The highest BCUT2D eigenvalue weighted by molar-refractivity contribution is 7.71. The van der Waals surface area contributed by atoms with Gasteiger partial charge in [0, 0.05) is 47.6 Å². The largest absolute Gasteiger partial charge is 0.460 e. The lowest BCUT2D eigenvalue weighted by atomic mass is 10.1. The Balaban J connectivity index is 1.50. The molecule has 4 rings (SSSR count). The van der Waals surface area contributed by atoms with Crippen LogP contribution in [0.3, 0.4) is 0 Å². The predicted molar refractivity (Wildman–Crippen MR) is 101 cm³/mol. The Bertz CT molecular complexity index is 982. The number of benzene rings is 1. The van der Waals surface area contributed by atoms with Crippen LogP contribution < -0.4 is 0 Å². The van der Waals surface area contributed by atoms with Crippen molar-refractivity contribution >= 4 is 35.4 Å². The lowest BCUT2D eigenvalue weighted by Crippen LogP contribution is -2.30. The number of halogens is 2. The molecule has 0 saturated carbocycles. The van der Waals surface area contributed by atoms with Gasteiger partial charge in [-0.05, 0) is 42.5 Å². The van der Waals surface area contributed by atoms with E-state index in [-0.39, 0.29) is 0 Å². The molecule has 0 aliphatic carbocycles. The lowest BCUT2D eigenvalue weighted by Gasteiger charge is -2.27. The van der Waals surface area contributed by atoms with E-state index in [1.165, 1.54) is 11.3 Å². The Morgan fingerprint density at radius 3 is 2.96 bits per heavy atom. The minimum Gasteiger partial charge on any atom is -0.460 e. The molecule has 0 fully saturated rings. The molecule has 0 bridgehead atoms. The minimum atomic E-state index is 0.544. The smallest absolute Gasteiger partial charge is 0.196 e. The van der Waals surface area contributed by atoms with Crippen molar-refractivity contribution in [1.82, 2.24) is 14.9 Å². The molecular weight excluding hydrogens is 377 g/mol. The summed E-state index contributed by atoms with van der Waals surface area (Å²) in [6, 6.07) is 9.34. The first kappa shape index (κ1) is 16.8. The number of hydrogen-bond acceptors (Lipinski definition) is 4. The number of rotatable bonds is 3. The van der Waals surface area contributed by atoms with Crippen LogP contribution in [-0.2, 0) is 19.5 Å². The van der Waals surface area contributed by atoms with Crippen LogP contribution in [0.25, 0.3) is 11.3 Å². The van der Waals surface area contributed by atoms with Gasteiger partial charge in [0.25, 0.3) is 0 Å². The molecule has 0 spiro atoms. The predicted octanol–water partition coefficient (Wildman–Crippen LogP) is 5.26.